The molecule has 2 atom stereocenters. The van der Waals surface area contributed by atoms with Crippen molar-refractivity contribution in [3.8, 4) is 0 Å². The number of rotatable bonds is 2. The Morgan fingerprint density at radius 2 is 2.31 bits per heavy atom. The van der Waals surface area contributed by atoms with Gasteiger partial charge in [-0.25, -0.2) is 0 Å². The molecule has 86 valence electrons. The molecule has 3 nitrogen and oxygen atoms in total. The molecule has 0 spiro atoms. The maximum atomic E-state index is 9.81. The molecule has 3 N–H and O–H groups in total. The van der Waals surface area contributed by atoms with Gasteiger partial charge in [0.25, 0.3) is 0 Å². The van der Waals surface area contributed by atoms with Crippen LogP contribution in [0.25, 0.3) is 0 Å². The van der Waals surface area contributed by atoms with Gasteiger partial charge < -0.3 is 15.5 Å². The van der Waals surface area contributed by atoms with Gasteiger partial charge >= 0.3 is 7.48 Å². The summed E-state index contributed by atoms with van der Waals surface area (Å²) in [6.07, 6.45) is -0.281. The number of fused-ring (bicyclic) bond motifs is 1. The highest BCUT2D eigenvalue weighted by atomic mass is 35.5. The van der Waals surface area contributed by atoms with Crippen LogP contribution in [0.2, 0.25) is 10.0 Å². The summed E-state index contributed by atoms with van der Waals surface area (Å²) >= 11 is 12.1. The van der Waals surface area contributed by atoms with Gasteiger partial charge in [0.15, 0.2) is 0 Å². The van der Waals surface area contributed by atoms with E-state index in [4.69, 9.17) is 33.6 Å². The number of halogens is 2. The lowest BCUT2D eigenvalue weighted by Crippen LogP contribution is -2.18. The number of aliphatic hydroxyl groups is 1. The summed E-state index contributed by atoms with van der Waals surface area (Å²) in [5.41, 5.74) is 7.78. The van der Waals surface area contributed by atoms with Crippen LogP contribution in [-0.4, -0.2) is 18.7 Å². The van der Waals surface area contributed by atoms with Crippen LogP contribution >= 0.6 is 23.2 Å². The van der Waals surface area contributed by atoms with Crippen molar-refractivity contribution in [2.75, 3.05) is 5.73 Å². The van der Waals surface area contributed by atoms with Gasteiger partial charge in [0.05, 0.1) is 27.9 Å². The molecule has 6 heteroatoms. The molecule has 1 aliphatic rings. The van der Waals surface area contributed by atoms with Crippen molar-refractivity contribution in [3.05, 3.63) is 21.7 Å². The van der Waals surface area contributed by atoms with Gasteiger partial charge in [-0.2, -0.15) is 0 Å². The van der Waals surface area contributed by atoms with Gasteiger partial charge in [0.1, 0.15) is 0 Å². The SMILES string of the molecule is CCC(O)C1OBc2c1cc(Cl)c(N)c2Cl. The molecule has 0 saturated carbocycles. The fourth-order valence-electron chi connectivity index (χ4n) is 1.89. The highest BCUT2D eigenvalue weighted by molar-refractivity contribution is 6.57. The highest BCUT2D eigenvalue weighted by Crippen LogP contribution is 2.35. The number of anilines is 1. The molecule has 1 heterocycles. The summed E-state index contributed by atoms with van der Waals surface area (Å²) in [6.45, 7) is 1.90. The molecule has 0 aromatic heterocycles. The quantitative estimate of drug-likeness (QED) is 0.624. The summed E-state index contributed by atoms with van der Waals surface area (Å²) in [5.74, 6) is 0. The Kier molecular flexibility index (Phi) is 3.35. The minimum atomic E-state index is -0.544. The molecule has 0 fully saturated rings. The first kappa shape index (κ1) is 12.1. The zero-order valence-electron chi connectivity index (χ0n) is 8.84. The van der Waals surface area contributed by atoms with Gasteiger partial charge in [-0.05, 0) is 23.5 Å². The van der Waals surface area contributed by atoms with Crippen molar-refractivity contribution in [2.24, 2.45) is 0 Å². The molecule has 1 aromatic rings. The van der Waals surface area contributed by atoms with Gasteiger partial charge in [0.2, 0.25) is 0 Å². The monoisotopic (exact) mass is 259 g/mol. The Morgan fingerprint density at radius 1 is 1.62 bits per heavy atom. The van der Waals surface area contributed by atoms with Crippen LogP contribution in [0, 0.1) is 0 Å². The minimum absolute atomic E-state index is 0.351. The van der Waals surface area contributed by atoms with Gasteiger partial charge in [-0.3, -0.25) is 0 Å². The van der Waals surface area contributed by atoms with Crippen molar-refractivity contribution in [1.82, 2.24) is 0 Å². The first-order valence-corrected chi connectivity index (χ1v) is 5.87. The van der Waals surface area contributed by atoms with Crippen molar-refractivity contribution in [3.63, 3.8) is 0 Å². The predicted octanol–water partition coefficient (Wildman–Crippen LogP) is 1.39. The lowest BCUT2D eigenvalue weighted by atomic mass is 9.85. The van der Waals surface area contributed by atoms with Crippen LogP contribution in [0.15, 0.2) is 6.07 Å². The Morgan fingerprint density at radius 3 is 2.94 bits per heavy atom. The first-order chi connectivity index (χ1) is 7.56. The molecular formula is C10H12BCl2NO2. The zero-order valence-corrected chi connectivity index (χ0v) is 10.3. The van der Waals surface area contributed by atoms with Crippen LogP contribution in [0.4, 0.5) is 5.69 Å². The average Bonchev–Trinajstić information content (AvgIpc) is 2.68. The summed E-state index contributed by atoms with van der Waals surface area (Å²) < 4.78 is 5.52. The number of nitrogen functional groups attached to an aromatic ring is 1. The number of hydrogen-bond acceptors (Lipinski definition) is 3. The molecule has 2 unspecified atom stereocenters. The van der Waals surface area contributed by atoms with Crippen molar-refractivity contribution >= 4 is 41.8 Å². The van der Waals surface area contributed by atoms with Crippen molar-refractivity contribution in [1.29, 1.82) is 0 Å². The lowest BCUT2D eigenvalue weighted by molar-refractivity contribution is 0.0421. The Bertz CT molecular complexity index is 428. The van der Waals surface area contributed by atoms with E-state index in [2.05, 4.69) is 0 Å². The van der Waals surface area contributed by atoms with E-state index in [1.165, 1.54) is 0 Å². The molecule has 0 amide bonds. The molecule has 0 bridgehead atoms. The van der Waals surface area contributed by atoms with Gasteiger partial charge in [-0.1, -0.05) is 30.1 Å². The van der Waals surface area contributed by atoms with E-state index in [-0.39, 0.29) is 6.10 Å². The fourth-order valence-corrected chi connectivity index (χ4v) is 2.42. The fraction of sp³-hybridized carbons (Fsp3) is 0.400. The zero-order chi connectivity index (χ0) is 11.9. The maximum absolute atomic E-state index is 9.81. The van der Waals surface area contributed by atoms with Crippen LogP contribution < -0.4 is 11.2 Å². The molecule has 16 heavy (non-hydrogen) atoms. The third-order valence-electron chi connectivity index (χ3n) is 2.87. The number of nitrogens with two attached hydrogens (primary N) is 1. The average molecular weight is 260 g/mol. The second-order valence-corrected chi connectivity index (χ2v) is 4.65. The first-order valence-electron chi connectivity index (χ1n) is 5.12. The van der Waals surface area contributed by atoms with E-state index in [0.717, 1.165) is 11.0 Å². The summed E-state index contributed by atoms with van der Waals surface area (Å²) in [7, 11) is 0.372. The molecule has 0 saturated heterocycles. The smallest absolute Gasteiger partial charge is 0.311 e. The minimum Gasteiger partial charge on any atom is -0.425 e. The molecular weight excluding hydrogens is 248 g/mol. The summed E-state index contributed by atoms with van der Waals surface area (Å²) in [5, 5.41) is 10.7. The highest BCUT2D eigenvalue weighted by Gasteiger charge is 2.32. The molecule has 1 aliphatic heterocycles. The predicted molar refractivity (Wildman–Crippen MR) is 67.8 cm³/mol. The summed E-state index contributed by atoms with van der Waals surface area (Å²) in [6, 6.07) is 1.73. The topological polar surface area (TPSA) is 55.5 Å². The molecule has 0 radical (unpaired) electrons. The number of hydrogen-bond donors (Lipinski definition) is 2. The van der Waals surface area contributed by atoms with Gasteiger partial charge in [0, 0.05) is 0 Å². The Labute approximate surface area is 105 Å². The van der Waals surface area contributed by atoms with Gasteiger partial charge in [-0.15, -0.1) is 0 Å². The van der Waals surface area contributed by atoms with Crippen molar-refractivity contribution in [2.45, 2.75) is 25.6 Å². The van der Waals surface area contributed by atoms with E-state index in [9.17, 15) is 5.11 Å². The van der Waals surface area contributed by atoms with E-state index >= 15 is 0 Å². The largest absolute Gasteiger partial charge is 0.425 e. The standard InChI is InChI=1S/C10H12BCl2NO2/c1-2-6(15)10-4-3-5(12)9(14)8(13)7(4)11-16-10/h3,6,10-11,15H,2,14H2,1H3. The third kappa shape index (κ3) is 1.80. The molecule has 0 aliphatic carbocycles. The van der Waals surface area contributed by atoms with Crippen molar-refractivity contribution < 1.29 is 9.76 Å². The second kappa shape index (κ2) is 4.45. The van der Waals surface area contributed by atoms with E-state index in [0.29, 0.717) is 29.6 Å². The molecule has 2 rings (SSSR count). The Balaban J connectivity index is 2.48. The van der Waals surface area contributed by atoms with Crippen LogP contribution in [0.3, 0.4) is 0 Å². The van der Waals surface area contributed by atoms with Crippen LogP contribution in [0.5, 0.6) is 0 Å². The number of aliphatic hydroxyl groups excluding tert-OH is 1. The molecule has 1 aromatic carbocycles. The maximum Gasteiger partial charge on any atom is 0.311 e. The van der Waals surface area contributed by atoms with E-state index in [1.54, 1.807) is 6.07 Å². The van der Waals surface area contributed by atoms with Crippen LogP contribution in [-0.2, 0) is 4.65 Å². The van der Waals surface area contributed by atoms with E-state index < -0.39 is 6.10 Å². The second-order valence-electron chi connectivity index (χ2n) is 3.86. The third-order valence-corrected chi connectivity index (χ3v) is 3.62. The van der Waals surface area contributed by atoms with E-state index in [1.807, 2.05) is 6.92 Å². The lowest BCUT2D eigenvalue weighted by Gasteiger charge is -2.18. The Hall–Kier alpha value is -0.415. The van der Waals surface area contributed by atoms with Crippen LogP contribution in [0.1, 0.15) is 25.0 Å². The normalized spacial score (nSPS) is 20.4. The summed E-state index contributed by atoms with van der Waals surface area (Å²) in [4.78, 5) is 0. The number of benzene rings is 1.